The van der Waals surface area contributed by atoms with Crippen molar-refractivity contribution in [2.24, 2.45) is 11.8 Å². The molecular weight excluding hydrogens is 196 g/mol. The fourth-order valence-corrected chi connectivity index (χ4v) is 2.09. The van der Waals surface area contributed by atoms with Gasteiger partial charge in [0, 0.05) is 13.6 Å². The minimum Gasteiger partial charge on any atom is -0.481 e. The van der Waals surface area contributed by atoms with E-state index < -0.39 is 5.97 Å². The number of nitrogens with one attached hydrogen (secondary N) is 2. The molecule has 5 heteroatoms. The van der Waals surface area contributed by atoms with Crippen LogP contribution in [0.25, 0.3) is 0 Å². The van der Waals surface area contributed by atoms with Crippen molar-refractivity contribution in [1.29, 1.82) is 0 Å². The average Bonchev–Trinajstić information content (AvgIpc) is 2.26. The van der Waals surface area contributed by atoms with Gasteiger partial charge >= 0.3 is 12.0 Å². The van der Waals surface area contributed by atoms with Crippen molar-refractivity contribution in [1.82, 2.24) is 10.6 Å². The van der Waals surface area contributed by atoms with Crippen molar-refractivity contribution in [3.8, 4) is 0 Å². The molecule has 2 amide bonds. The van der Waals surface area contributed by atoms with E-state index in [1.165, 1.54) is 0 Å². The van der Waals surface area contributed by atoms with E-state index >= 15 is 0 Å². The summed E-state index contributed by atoms with van der Waals surface area (Å²) in [6.45, 7) is 0.455. The molecule has 0 aromatic carbocycles. The number of hydrogen-bond donors (Lipinski definition) is 3. The number of rotatable bonds is 3. The zero-order chi connectivity index (χ0) is 11.3. The summed E-state index contributed by atoms with van der Waals surface area (Å²) in [5.41, 5.74) is 0. The van der Waals surface area contributed by atoms with Gasteiger partial charge in [-0.15, -0.1) is 0 Å². The van der Waals surface area contributed by atoms with Gasteiger partial charge in [0.15, 0.2) is 0 Å². The first-order valence-corrected chi connectivity index (χ1v) is 5.33. The van der Waals surface area contributed by atoms with Crippen LogP contribution in [0, 0.1) is 11.8 Å². The average molecular weight is 214 g/mol. The predicted molar refractivity (Wildman–Crippen MR) is 55.5 cm³/mol. The van der Waals surface area contributed by atoms with Crippen LogP contribution >= 0.6 is 0 Å². The lowest BCUT2D eigenvalue weighted by molar-refractivity contribution is -0.144. The van der Waals surface area contributed by atoms with Crippen molar-refractivity contribution in [3.05, 3.63) is 0 Å². The monoisotopic (exact) mass is 214 g/mol. The van der Waals surface area contributed by atoms with E-state index in [0.717, 1.165) is 25.7 Å². The highest BCUT2D eigenvalue weighted by atomic mass is 16.4. The Labute approximate surface area is 89.2 Å². The van der Waals surface area contributed by atoms with E-state index in [9.17, 15) is 9.59 Å². The number of carboxylic acid groups (broad SMARTS) is 1. The lowest BCUT2D eigenvalue weighted by Crippen LogP contribution is -2.40. The molecule has 0 radical (unpaired) electrons. The summed E-state index contributed by atoms with van der Waals surface area (Å²) in [7, 11) is 1.55. The number of amides is 2. The molecular formula is C10H18N2O3. The standard InChI is InChI=1S/C10H18N2O3/c1-11-10(15)12-6-7-4-2-3-5-8(7)9(13)14/h7-8H,2-6H2,1H3,(H,13,14)(H2,11,12,15). The Morgan fingerprint density at radius 3 is 2.60 bits per heavy atom. The predicted octanol–water partition coefficient (Wildman–Crippen LogP) is 0.806. The lowest BCUT2D eigenvalue weighted by Gasteiger charge is -2.28. The molecule has 1 saturated carbocycles. The van der Waals surface area contributed by atoms with E-state index in [1.807, 2.05) is 0 Å². The topological polar surface area (TPSA) is 78.4 Å². The van der Waals surface area contributed by atoms with E-state index in [1.54, 1.807) is 7.05 Å². The SMILES string of the molecule is CNC(=O)NCC1CCCCC1C(=O)O. The molecule has 0 bridgehead atoms. The van der Waals surface area contributed by atoms with Gasteiger partial charge in [0.1, 0.15) is 0 Å². The Morgan fingerprint density at radius 2 is 2.00 bits per heavy atom. The molecule has 0 saturated heterocycles. The van der Waals surface area contributed by atoms with E-state index in [4.69, 9.17) is 5.11 Å². The van der Waals surface area contributed by atoms with Crippen LogP contribution in [0.2, 0.25) is 0 Å². The summed E-state index contributed by atoms with van der Waals surface area (Å²) < 4.78 is 0. The van der Waals surface area contributed by atoms with Crippen LogP contribution < -0.4 is 10.6 Å². The minimum atomic E-state index is -0.738. The molecule has 3 N–H and O–H groups in total. The largest absolute Gasteiger partial charge is 0.481 e. The van der Waals surface area contributed by atoms with Crippen LogP contribution in [0.1, 0.15) is 25.7 Å². The molecule has 0 heterocycles. The normalized spacial score (nSPS) is 25.7. The number of carboxylic acids is 1. The van der Waals surface area contributed by atoms with E-state index in [-0.39, 0.29) is 17.9 Å². The van der Waals surface area contributed by atoms with Crippen molar-refractivity contribution in [2.45, 2.75) is 25.7 Å². The molecule has 5 nitrogen and oxygen atoms in total. The van der Waals surface area contributed by atoms with E-state index in [0.29, 0.717) is 6.54 Å². The maximum Gasteiger partial charge on any atom is 0.314 e. The lowest BCUT2D eigenvalue weighted by atomic mass is 9.79. The van der Waals surface area contributed by atoms with Gasteiger partial charge in [-0.1, -0.05) is 12.8 Å². The molecule has 1 aliphatic carbocycles. The Kier molecular flexibility index (Phi) is 4.39. The molecule has 1 rings (SSSR count). The van der Waals surface area contributed by atoms with Crippen molar-refractivity contribution < 1.29 is 14.7 Å². The maximum absolute atomic E-state index is 11.0. The van der Waals surface area contributed by atoms with Crippen LogP contribution in [0.3, 0.4) is 0 Å². The van der Waals surface area contributed by atoms with Crippen molar-refractivity contribution in [2.75, 3.05) is 13.6 Å². The van der Waals surface area contributed by atoms with Gasteiger partial charge in [-0.3, -0.25) is 4.79 Å². The Bertz CT molecular complexity index is 243. The van der Waals surface area contributed by atoms with Gasteiger partial charge in [0.25, 0.3) is 0 Å². The second-order valence-electron chi connectivity index (χ2n) is 3.95. The number of carbonyl (C=O) groups excluding carboxylic acids is 1. The molecule has 86 valence electrons. The Balaban J connectivity index is 2.42. The first-order valence-electron chi connectivity index (χ1n) is 5.33. The van der Waals surface area contributed by atoms with Crippen LogP contribution in [0.15, 0.2) is 0 Å². The third-order valence-corrected chi connectivity index (χ3v) is 2.98. The number of carbonyl (C=O) groups is 2. The summed E-state index contributed by atoms with van der Waals surface area (Å²) in [5.74, 6) is -0.956. The van der Waals surface area contributed by atoms with E-state index in [2.05, 4.69) is 10.6 Å². The highest BCUT2D eigenvalue weighted by Crippen LogP contribution is 2.29. The summed E-state index contributed by atoms with van der Waals surface area (Å²) in [6.07, 6.45) is 3.66. The first kappa shape index (κ1) is 11.8. The zero-order valence-electron chi connectivity index (χ0n) is 8.95. The van der Waals surface area contributed by atoms with Crippen LogP contribution in [0.5, 0.6) is 0 Å². The first-order chi connectivity index (χ1) is 7.15. The molecule has 0 spiro atoms. The summed E-state index contributed by atoms with van der Waals surface area (Å²) in [6, 6.07) is -0.246. The fourth-order valence-electron chi connectivity index (χ4n) is 2.09. The van der Waals surface area contributed by atoms with Gasteiger partial charge in [-0.2, -0.15) is 0 Å². The summed E-state index contributed by atoms with van der Waals surface area (Å²) >= 11 is 0. The third-order valence-electron chi connectivity index (χ3n) is 2.98. The zero-order valence-corrected chi connectivity index (χ0v) is 8.95. The number of aliphatic carboxylic acids is 1. The third kappa shape index (κ3) is 3.42. The summed E-state index contributed by atoms with van der Waals surface area (Å²) in [4.78, 5) is 21.9. The van der Waals surface area contributed by atoms with Crippen molar-refractivity contribution >= 4 is 12.0 Å². The Hall–Kier alpha value is -1.26. The molecule has 1 aliphatic rings. The van der Waals surface area contributed by atoms with Gasteiger partial charge in [-0.05, 0) is 18.8 Å². The van der Waals surface area contributed by atoms with Gasteiger partial charge < -0.3 is 15.7 Å². The highest BCUT2D eigenvalue weighted by molar-refractivity contribution is 5.74. The molecule has 1 fully saturated rings. The molecule has 2 atom stereocenters. The second kappa shape index (κ2) is 5.58. The smallest absolute Gasteiger partial charge is 0.314 e. The maximum atomic E-state index is 11.0. The van der Waals surface area contributed by atoms with Gasteiger partial charge in [0.2, 0.25) is 0 Å². The van der Waals surface area contributed by atoms with Crippen LogP contribution in [-0.2, 0) is 4.79 Å². The quantitative estimate of drug-likeness (QED) is 0.650. The van der Waals surface area contributed by atoms with Gasteiger partial charge in [0.05, 0.1) is 5.92 Å². The van der Waals surface area contributed by atoms with Crippen molar-refractivity contribution in [3.63, 3.8) is 0 Å². The minimum absolute atomic E-state index is 0.0774. The van der Waals surface area contributed by atoms with Gasteiger partial charge in [-0.25, -0.2) is 4.79 Å². The fraction of sp³-hybridized carbons (Fsp3) is 0.800. The number of hydrogen-bond acceptors (Lipinski definition) is 2. The summed E-state index contributed by atoms with van der Waals surface area (Å²) in [5, 5.41) is 14.1. The highest BCUT2D eigenvalue weighted by Gasteiger charge is 2.30. The molecule has 2 unspecified atom stereocenters. The Morgan fingerprint density at radius 1 is 1.33 bits per heavy atom. The second-order valence-corrected chi connectivity index (χ2v) is 3.95. The van der Waals surface area contributed by atoms with Crippen LogP contribution in [0.4, 0.5) is 4.79 Å². The molecule has 0 aromatic rings. The molecule has 0 aliphatic heterocycles. The molecule has 15 heavy (non-hydrogen) atoms. The number of urea groups is 1. The molecule has 0 aromatic heterocycles. The van der Waals surface area contributed by atoms with Crippen LogP contribution in [-0.4, -0.2) is 30.7 Å².